The molecule has 4 heteroatoms. The van der Waals surface area contributed by atoms with Gasteiger partial charge in [0, 0.05) is 12.5 Å². The van der Waals surface area contributed by atoms with E-state index in [-0.39, 0.29) is 11.7 Å². The molecule has 4 nitrogen and oxygen atoms in total. The van der Waals surface area contributed by atoms with Gasteiger partial charge in [0.25, 0.3) is 0 Å². The summed E-state index contributed by atoms with van der Waals surface area (Å²) < 4.78 is 5.20. The molecule has 0 aliphatic carbocycles. The van der Waals surface area contributed by atoms with Gasteiger partial charge < -0.3 is 10.2 Å². The van der Waals surface area contributed by atoms with Gasteiger partial charge in [0.1, 0.15) is 5.71 Å². The number of carbonyl (C=O) groups is 1. The van der Waals surface area contributed by atoms with Crippen LogP contribution >= 0.6 is 0 Å². The predicted molar refractivity (Wildman–Crippen MR) is 73.8 cm³/mol. The number of hydrogen-bond acceptors (Lipinski definition) is 4. The van der Waals surface area contributed by atoms with Gasteiger partial charge >= 0.3 is 0 Å². The average Bonchev–Trinajstić information content (AvgIpc) is 3.03. The number of Topliss-reactive ketones (excluding diaryl/α,β-unsaturated/α-hetero) is 1. The number of epoxide rings is 1. The molecule has 98 valence electrons. The van der Waals surface area contributed by atoms with Gasteiger partial charge in [-0.05, 0) is 12.5 Å². The van der Waals surface area contributed by atoms with Gasteiger partial charge in [0.05, 0.1) is 6.61 Å². The van der Waals surface area contributed by atoms with Crippen molar-refractivity contribution in [3.05, 3.63) is 42.0 Å². The third kappa shape index (κ3) is 2.44. The zero-order chi connectivity index (χ0) is 13.3. The third-order valence-electron chi connectivity index (χ3n) is 3.47. The summed E-state index contributed by atoms with van der Waals surface area (Å²) in [5.74, 6) is 0.0222. The summed E-state index contributed by atoms with van der Waals surface area (Å²) in [5.41, 5.74) is 3.96. The zero-order valence-corrected chi connectivity index (χ0v) is 10.8. The summed E-state index contributed by atoms with van der Waals surface area (Å²) in [6, 6.07) is 10.0. The van der Waals surface area contributed by atoms with Gasteiger partial charge in [-0.1, -0.05) is 42.5 Å². The van der Waals surface area contributed by atoms with E-state index in [1.54, 1.807) is 0 Å². The topological polar surface area (TPSA) is 54.0 Å². The van der Waals surface area contributed by atoms with E-state index in [4.69, 9.17) is 4.74 Å². The normalized spacial score (nSPS) is 29.1. The molecular formula is C15H16N2O2. The van der Waals surface area contributed by atoms with E-state index in [1.807, 2.05) is 49.4 Å². The van der Waals surface area contributed by atoms with Crippen LogP contribution in [0.15, 0.2) is 41.5 Å². The summed E-state index contributed by atoms with van der Waals surface area (Å²) in [4.78, 5) is 12.2. The molecule has 2 aliphatic heterocycles. The molecule has 0 aromatic heterocycles. The van der Waals surface area contributed by atoms with Crippen LogP contribution in [0.5, 0.6) is 0 Å². The fourth-order valence-electron chi connectivity index (χ4n) is 2.09. The van der Waals surface area contributed by atoms with Crippen LogP contribution in [0.25, 0.3) is 6.08 Å². The highest BCUT2D eigenvalue weighted by molar-refractivity contribution is 6.44. The quantitative estimate of drug-likeness (QED) is 0.833. The lowest BCUT2D eigenvalue weighted by Gasteiger charge is -2.08. The maximum absolute atomic E-state index is 12.2. The SMILES string of the molecule is CC1(C(=O)C2=NNCC2C=Cc2ccccc2)CO1. The first kappa shape index (κ1) is 12.1. The maximum Gasteiger partial charge on any atom is 0.213 e. The third-order valence-corrected chi connectivity index (χ3v) is 3.47. The number of nitrogens with one attached hydrogen (secondary N) is 1. The Morgan fingerprint density at radius 2 is 2.21 bits per heavy atom. The molecule has 0 saturated carbocycles. The number of nitrogens with zero attached hydrogens (tertiary/aromatic N) is 1. The lowest BCUT2D eigenvalue weighted by atomic mass is 9.93. The van der Waals surface area contributed by atoms with Crippen molar-refractivity contribution in [2.75, 3.05) is 13.2 Å². The largest absolute Gasteiger partial charge is 0.361 e. The summed E-state index contributed by atoms with van der Waals surface area (Å²) in [6.07, 6.45) is 4.05. The van der Waals surface area contributed by atoms with E-state index in [9.17, 15) is 4.79 Å². The van der Waals surface area contributed by atoms with E-state index >= 15 is 0 Å². The Hall–Kier alpha value is -1.94. The minimum absolute atomic E-state index is 0.000196. The van der Waals surface area contributed by atoms with Crippen LogP contribution in [0.2, 0.25) is 0 Å². The first-order valence-electron chi connectivity index (χ1n) is 6.41. The average molecular weight is 256 g/mol. The van der Waals surface area contributed by atoms with Crippen molar-refractivity contribution in [2.24, 2.45) is 11.0 Å². The Labute approximate surface area is 112 Å². The second kappa shape index (κ2) is 4.63. The van der Waals surface area contributed by atoms with Crippen LogP contribution in [0, 0.1) is 5.92 Å². The number of ketones is 1. The van der Waals surface area contributed by atoms with Gasteiger partial charge in [-0.2, -0.15) is 5.10 Å². The molecule has 1 aromatic rings. The molecule has 2 heterocycles. The number of rotatable bonds is 4. The smallest absolute Gasteiger partial charge is 0.213 e. The van der Waals surface area contributed by atoms with Crippen LogP contribution in [-0.2, 0) is 9.53 Å². The molecule has 0 amide bonds. The van der Waals surface area contributed by atoms with Crippen molar-refractivity contribution in [3.8, 4) is 0 Å². The minimum atomic E-state index is -0.635. The summed E-state index contributed by atoms with van der Waals surface area (Å²) in [6.45, 7) is 2.98. The van der Waals surface area contributed by atoms with Gasteiger partial charge in [-0.15, -0.1) is 0 Å². The molecule has 3 rings (SSSR count). The standard InChI is InChI=1S/C15H16N2O2/c1-15(10-19-15)14(18)13-12(9-16-17-13)8-7-11-5-3-2-4-6-11/h2-8,12,16H,9-10H2,1H3. The van der Waals surface area contributed by atoms with Crippen LogP contribution in [-0.4, -0.2) is 30.2 Å². The fraction of sp³-hybridized carbons (Fsp3) is 0.333. The van der Waals surface area contributed by atoms with Gasteiger partial charge in [0.2, 0.25) is 5.78 Å². The minimum Gasteiger partial charge on any atom is -0.361 e. The highest BCUT2D eigenvalue weighted by Crippen LogP contribution is 2.29. The maximum atomic E-state index is 12.2. The van der Waals surface area contributed by atoms with E-state index in [0.717, 1.165) is 5.56 Å². The van der Waals surface area contributed by atoms with Crippen molar-refractivity contribution < 1.29 is 9.53 Å². The molecule has 1 N–H and O–H groups in total. The molecule has 1 fully saturated rings. The zero-order valence-electron chi connectivity index (χ0n) is 10.8. The van der Waals surface area contributed by atoms with Crippen molar-refractivity contribution in [1.29, 1.82) is 0 Å². The second-order valence-electron chi connectivity index (χ2n) is 5.08. The molecule has 2 unspecified atom stereocenters. The molecule has 0 radical (unpaired) electrons. The summed E-state index contributed by atoms with van der Waals surface area (Å²) >= 11 is 0. The second-order valence-corrected chi connectivity index (χ2v) is 5.08. The molecular weight excluding hydrogens is 240 g/mol. The van der Waals surface area contributed by atoms with Crippen molar-refractivity contribution in [3.63, 3.8) is 0 Å². The van der Waals surface area contributed by atoms with Gasteiger partial charge in [-0.25, -0.2) is 0 Å². The molecule has 0 bridgehead atoms. The Bertz CT molecular complexity index is 545. The molecule has 1 aromatic carbocycles. The van der Waals surface area contributed by atoms with Crippen LogP contribution in [0.4, 0.5) is 0 Å². The van der Waals surface area contributed by atoms with Crippen LogP contribution in [0.3, 0.4) is 0 Å². The highest BCUT2D eigenvalue weighted by Gasteiger charge is 2.50. The highest BCUT2D eigenvalue weighted by atomic mass is 16.6. The summed E-state index contributed by atoms with van der Waals surface area (Å²) in [7, 11) is 0. The Balaban J connectivity index is 1.73. The van der Waals surface area contributed by atoms with Crippen LogP contribution in [0.1, 0.15) is 12.5 Å². The van der Waals surface area contributed by atoms with Crippen molar-refractivity contribution in [2.45, 2.75) is 12.5 Å². The lowest BCUT2D eigenvalue weighted by Crippen LogP contribution is -2.32. The fourth-order valence-corrected chi connectivity index (χ4v) is 2.09. The Kier molecular flexibility index (Phi) is 2.95. The van der Waals surface area contributed by atoms with E-state index in [2.05, 4.69) is 10.5 Å². The number of carbonyl (C=O) groups excluding carboxylic acids is 1. The monoisotopic (exact) mass is 256 g/mol. The number of ether oxygens (including phenoxy) is 1. The van der Waals surface area contributed by atoms with E-state index in [1.165, 1.54) is 0 Å². The Morgan fingerprint density at radius 3 is 2.89 bits per heavy atom. The van der Waals surface area contributed by atoms with Crippen molar-refractivity contribution in [1.82, 2.24) is 5.43 Å². The number of benzene rings is 1. The number of hydrogen-bond donors (Lipinski definition) is 1. The van der Waals surface area contributed by atoms with E-state index in [0.29, 0.717) is 18.9 Å². The van der Waals surface area contributed by atoms with Gasteiger partial charge in [-0.3, -0.25) is 4.79 Å². The molecule has 0 spiro atoms. The van der Waals surface area contributed by atoms with Gasteiger partial charge in [0.15, 0.2) is 5.60 Å². The van der Waals surface area contributed by atoms with Crippen LogP contribution < -0.4 is 5.43 Å². The Morgan fingerprint density at radius 1 is 1.47 bits per heavy atom. The molecule has 19 heavy (non-hydrogen) atoms. The first-order chi connectivity index (χ1) is 9.19. The molecule has 2 atom stereocenters. The van der Waals surface area contributed by atoms with Crippen molar-refractivity contribution >= 4 is 17.6 Å². The number of hydrazone groups is 1. The summed E-state index contributed by atoms with van der Waals surface area (Å²) in [5, 5.41) is 4.12. The lowest BCUT2D eigenvalue weighted by molar-refractivity contribution is -0.117. The van der Waals surface area contributed by atoms with E-state index < -0.39 is 5.60 Å². The predicted octanol–water partition coefficient (Wildman–Crippen LogP) is 1.63. The first-order valence-corrected chi connectivity index (χ1v) is 6.41. The molecule has 2 aliphatic rings. The molecule has 1 saturated heterocycles.